The molecule has 1 fully saturated rings. The van der Waals surface area contributed by atoms with Crippen molar-refractivity contribution in [2.45, 2.75) is 6.42 Å². The van der Waals surface area contributed by atoms with Crippen LogP contribution < -0.4 is 16.2 Å². The number of thiocarbonyl (C=S) groups is 1. The fourth-order valence-corrected chi connectivity index (χ4v) is 5.72. The van der Waals surface area contributed by atoms with Gasteiger partial charge in [-0.25, -0.2) is 4.79 Å². The Morgan fingerprint density at radius 1 is 1.12 bits per heavy atom. The van der Waals surface area contributed by atoms with E-state index in [4.69, 9.17) is 37.9 Å². The molecule has 1 aromatic heterocycles. The highest BCUT2D eigenvalue weighted by Gasteiger charge is 2.31. The molecular formula is C29H23N3O6S2. The number of fused-ring (bicyclic) bond motifs is 1. The molecule has 0 unspecified atom stereocenters. The predicted octanol–water partition coefficient (Wildman–Crippen LogP) is 4.93. The number of benzene rings is 3. The van der Waals surface area contributed by atoms with Crippen molar-refractivity contribution in [2.24, 2.45) is 5.73 Å². The van der Waals surface area contributed by atoms with Crippen LogP contribution in [0.1, 0.15) is 32.0 Å². The van der Waals surface area contributed by atoms with Gasteiger partial charge in [0.1, 0.15) is 15.7 Å². The number of carbonyl (C=O) groups is 3. The van der Waals surface area contributed by atoms with Crippen molar-refractivity contribution in [1.82, 2.24) is 4.90 Å². The van der Waals surface area contributed by atoms with Crippen LogP contribution in [0.5, 0.6) is 5.75 Å². The number of nitrogen functional groups attached to an aromatic ring is 1. The summed E-state index contributed by atoms with van der Waals surface area (Å²) in [6.07, 6.45) is 2.31. The van der Waals surface area contributed by atoms with Crippen LogP contribution in [0.25, 0.3) is 28.2 Å². The lowest BCUT2D eigenvalue weighted by Gasteiger charge is -2.14. The number of ether oxygens (including phenoxy) is 1. The standard InChI is InChI=1S/C29H23N3O6S2/c1-37-21-8-4-16(12-19(21)18-7-9-22-20(14-18)24(30)25(38-22)26(31)33)13-23-27(34)32(29(39)40-23)11-10-15-2-5-17(6-3-15)28(35)36/h2-9,12-14H,10-11,30H2,1H3,(H2,31,33)(H,35,36)/b23-13-. The van der Waals surface area contributed by atoms with E-state index in [0.29, 0.717) is 38.9 Å². The first-order valence-corrected chi connectivity index (χ1v) is 13.3. The second-order valence-electron chi connectivity index (χ2n) is 8.97. The predicted molar refractivity (Wildman–Crippen MR) is 158 cm³/mol. The van der Waals surface area contributed by atoms with Gasteiger partial charge in [-0.3, -0.25) is 14.5 Å². The summed E-state index contributed by atoms with van der Waals surface area (Å²) in [4.78, 5) is 37.9. The van der Waals surface area contributed by atoms with Gasteiger partial charge in [-0.15, -0.1) is 0 Å². The first-order valence-electron chi connectivity index (χ1n) is 12.0. The van der Waals surface area contributed by atoms with E-state index in [-0.39, 0.29) is 22.9 Å². The van der Waals surface area contributed by atoms with Crippen molar-refractivity contribution in [2.75, 3.05) is 19.4 Å². The van der Waals surface area contributed by atoms with Gasteiger partial charge in [0.15, 0.2) is 0 Å². The van der Waals surface area contributed by atoms with Crippen LogP contribution in [-0.4, -0.2) is 45.8 Å². The minimum atomic E-state index is -0.987. The fourth-order valence-electron chi connectivity index (χ4n) is 4.41. The summed E-state index contributed by atoms with van der Waals surface area (Å²) in [5.41, 5.74) is 15.5. The SMILES string of the molecule is COc1ccc(/C=C2\SC(=S)N(CCc3ccc(C(=O)O)cc3)C2=O)cc1-c1ccc2oc(C(N)=O)c(N)c2c1. The molecule has 202 valence electrons. The third kappa shape index (κ3) is 5.16. The van der Waals surface area contributed by atoms with Crippen LogP contribution in [0.3, 0.4) is 0 Å². The van der Waals surface area contributed by atoms with Gasteiger partial charge in [-0.2, -0.15) is 0 Å². The van der Waals surface area contributed by atoms with E-state index in [9.17, 15) is 14.4 Å². The Hall–Kier alpha value is -4.61. The second-order valence-corrected chi connectivity index (χ2v) is 10.6. The zero-order chi connectivity index (χ0) is 28.6. The van der Waals surface area contributed by atoms with Crippen molar-refractivity contribution in [3.8, 4) is 16.9 Å². The molecule has 11 heteroatoms. The highest BCUT2D eigenvalue weighted by Crippen LogP contribution is 2.38. The molecule has 4 aromatic rings. The van der Waals surface area contributed by atoms with Gasteiger partial charge in [-0.1, -0.05) is 48.2 Å². The lowest BCUT2D eigenvalue weighted by molar-refractivity contribution is -0.122. The molecule has 3 aromatic carbocycles. The number of nitrogens with zero attached hydrogens (tertiary/aromatic N) is 1. The maximum Gasteiger partial charge on any atom is 0.335 e. The Kier molecular flexibility index (Phi) is 7.33. The number of carboxylic acids is 1. The maximum atomic E-state index is 13.2. The number of nitrogens with two attached hydrogens (primary N) is 2. The van der Waals surface area contributed by atoms with Crippen LogP contribution in [0.15, 0.2) is 70.0 Å². The minimum Gasteiger partial charge on any atom is -0.496 e. The molecule has 0 atom stereocenters. The molecule has 5 N–H and O–H groups in total. The lowest BCUT2D eigenvalue weighted by Crippen LogP contribution is -2.30. The number of anilines is 1. The van der Waals surface area contributed by atoms with Crippen LogP contribution in [0.4, 0.5) is 5.69 Å². The number of carboxylic acid groups (broad SMARTS) is 1. The molecule has 0 spiro atoms. The van der Waals surface area contributed by atoms with Crippen molar-refractivity contribution in [1.29, 1.82) is 0 Å². The van der Waals surface area contributed by atoms with E-state index in [1.807, 2.05) is 18.2 Å². The number of hydrogen-bond donors (Lipinski definition) is 3. The average molecular weight is 574 g/mol. The quantitative estimate of drug-likeness (QED) is 0.197. The fraction of sp³-hybridized carbons (Fsp3) is 0.103. The number of hydrogen-bond acceptors (Lipinski definition) is 8. The van der Waals surface area contributed by atoms with Gasteiger partial charge in [0.2, 0.25) is 5.76 Å². The molecule has 1 saturated heterocycles. The molecular weight excluding hydrogens is 550 g/mol. The van der Waals surface area contributed by atoms with Crippen LogP contribution >= 0.6 is 24.0 Å². The van der Waals surface area contributed by atoms with Gasteiger partial charge in [0.25, 0.3) is 11.8 Å². The molecule has 0 aliphatic carbocycles. The Bertz CT molecular complexity index is 1730. The number of rotatable bonds is 8. The first-order chi connectivity index (χ1) is 19.2. The number of carbonyl (C=O) groups excluding carboxylic acids is 2. The summed E-state index contributed by atoms with van der Waals surface area (Å²) in [5.74, 6) is -1.41. The van der Waals surface area contributed by atoms with E-state index in [1.54, 1.807) is 60.6 Å². The third-order valence-electron chi connectivity index (χ3n) is 6.48. The summed E-state index contributed by atoms with van der Waals surface area (Å²) in [6.45, 7) is 0.377. The molecule has 1 aliphatic rings. The number of furan rings is 1. The van der Waals surface area contributed by atoms with Crippen molar-refractivity contribution in [3.63, 3.8) is 0 Å². The Labute approximate surface area is 238 Å². The highest BCUT2D eigenvalue weighted by molar-refractivity contribution is 8.26. The molecule has 9 nitrogen and oxygen atoms in total. The molecule has 0 bridgehead atoms. The number of methoxy groups -OCH3 is 1. The summed E-state index contributed by atoms with van der Waals surface area (Å²) >= 11 is 6.70. The average Bonchev–Trinajstić information content (AvgIpc) is 3.42. The van der Waals surface area contributed by atoms with E-state index >= 15 is 0 Å². The number of amides is 2. The number of thioether (sulfide) groups is 1. The van der Waals surface area contributed by atoms with Crippen molar-refractivity contribution in [3.05, 3.63) is 88.0 Å². The van der Waals surface area contributed by atoms with Gasteiger partial charge in [0, 0.05) is 17.5 Å². The monoisotopic (exact) mass is 573 g/mol. The number of aromatic carboxylic acids is 1. The molecule has 1 aliphatic heterocycles. The Morgan fingerprint density at radius 3 is 2.55 bits per heavy atom. The highest BCUT2D eigenvalue weighted by atomic mass is 32.2. The van der Waals surface area contributed by atoms with Crippen LogP contribution in [0, 0.1) is 0 Å². The normalized spacial score (nSPS) is 14.3. The number of primary amides is 1. The Balaban J connectivity index is 1.39. The topological polar surface area (TPSA) is 149 Å². The van der Waals surface area contributed by atoms with Crippen LogP contribution in [0.2, 0.25) is 0 Å². The summed E-state index contributed by atoms with van der Waals surface area (Å²) in [7, 11) is 1.56. The second kappa shape index (κ2) is 10.9. The smallest absolute Gasteiger partial charge is 0.335 e. The zero-order valence-electron chi connectivity index (χ0n) is 21.2. The summed E-state index contributed by atoms with van der Waals surface area (Å²) in [5, 5.41) is 9.62. The van der Waals surface area contributed by atoms with Crippen LogP contribution in [-0.2, 0) is 11.2 Å². The molecule has 0 radical (unpaired) electrons. The largest absolute Gasteiger partial charge is 0.496 e. The third-order valence-corrected chi connectivity index (χ3v) is 7.86. The van der Waals surface area contributed by atoms with Crippen molar-refractivity contribution < 1.29 is 28.6 Å². The van der Waals surface area contributed by atoms with Gasteiger partial charge < -0.3 is 25.7 Å². The lowest BCUT2D eigenvalue weighted by atomic mass is 10.00. The molecule has 2 amide bonds. The van der Waals surface area contributed by atoms with E-state index < -0.39 is 11.9 Å². The summed E-state index contributed by atoms with van der Waals surface area (Å²) < 4.78 is 11.5. The van der Waals surface area contributed by atoms with Gasteiger partial charge in [0.05, 0.1) is 23.3 Å². The zero-order valence-corrected chi connectivity index (χ0v) is 22.8. The van der Waals surface area contributed by atoms with E-state index in [2.05, 4.69) is 0 Å². The van der Waals surface area contributed by atoms with Crippen molar-refractivity contribution >= 4 is 68.8 Å². The first kappa shape index (κ1) is 27.0. The molecule has 0 saturated carbocycles. The molecule has 5 rings (SSSR count). The van der Waals surface area contributed by atoms with E-state index in [1.165, 1.54) is 11.8 Å². The summed E-state index contributed by atoms with van der Waals surface area (Å²) in [6, 6.07) is 17.4. The maximum absolute atomic E-state index is 13.2. The molecule has 2 heterocycles. The molecule has 40 heavy (non-hydrogen) atoms. The van der Waals surface area contributed by atoms with Gasteiger partial charge >= 0.3 is 5.97 Å². The minimum absolute atomic E-state index is 0.0906. The van der Waals surface area contributed by atoms with Gasteiger partial charge in [-0.05, 0) is 65.6 Å². The van der Waals surface area contributed by atoms with E-state index in [0.717, 1.165) is 22.3 Å². The Morgan fingerprint density at radius 2 is 1.88 bits per heavy atom.